The van der Waals surface area contributed by atoms with Crippen molar-refractivity contribution in [1.82, 2.24) is 20.1 Å². The molecule has 37 heavy (non-hydrogen) atoms. The van der Waals surface area contributed by atoms with Crippen LogP contribution in [-0.4, -0.2) is 63.5 Å². The predicted octanol–water partition coefficient (Wildman–Crippen LogP) is 3.67. The van der Waals surface area contributed by atoms with Gasteiger partial charge in [-0.2, -0.15) is 18.3 Å². The lowest BCUT2D eigenvalue weighted by Gasteiger charge is -2.38. The lowest BCUT2D eigenvalue weighted by atomic mass is 9.73. The van der Waals surface area contributed by atoms with Crippen LogP contribution in [0.2, 0.25) is 0 Å². The van der Waals surface area contributed by atoms with Gasteiger partial charge in [0, 0.05) is 36.7 Å². The van der Waals surface area contributed by atoms with E-state index in [1.165, 1.54) is 17.3 Å². The first-order valence-electron chi connectivity index (χ1n) is 11.5. The number of benzene rings is 1. The van der Waals surface area contributed by atoms with Crippen LogP contribution in [0.4, 0.5) is 27.6 Å². The largest absolute Gasteiger partial charge is 0.389 e. The van der Waals surface area contributed by atoms with Gasteiger partial charge in [-0.25, -0.2) is 13.8 Å². The molecule has 0 atom stereocenters. The molecule has 1 aromatic carbocycles. The number of fused-ring (bicyclic) bond motifs is 3. The number of anilines is 1. The van der Waals surface area contributed by atoms with Crippen molar-refractivity contribution >= 4 is 34.3 Å². The number of carbonyl (C=O) groups excluding carboxylic acids is 3. The minimum absolute atomic E-state index is 0.0270. The number of hydrogen-bond donors (Lipinski definition) is 1. The van der Waals surface area contributed by atoms with Gasteiger partial charge in [0.2, 0.25) is 5.91 Å². The fourth-order valence-corrected chi connectivity index (χ4v) is 5.08. The fraction of sp³-hybridized carbons (Fsp3) is 0.375. The smallest absolute Gasteiger partial charge is 0.339 e. The average Bonchev–Trinajstić information content (AvgIpc) is 3.42. The third-order valence-corrected chi connectivity index (χ3v) is 6.96. The molecule has 2 aliphatic rings. The minimum Gasteiger partial charge on any atom is -0.339 e. The second-order valence-electron chi connectivity index (χ2n) is 9.21. The molecule has 8 nitrogen and oxygen atoms in total. The molecular formula is C24H20F5N5O3. The Balaban J connectivity index is 1.39. The van der Waals surface area contributed by atoms with E-state index in [1.807, 2.05) is 0 Å². The summed E-state index contributed by atoms with van der Waals surface area (Å²) in [5.74, 6) is -4.34. The summed E-state index contributed by atoms with van der Waals surface area (Å²) in [6, 6.07) is 3.57. The molecule has 2 amide bonds. The molecule has 2 aliphatic heterocycles. The summed E-state index contributed by atoms with van der Waals surface area (Å²) < 4.78 is 67.0. The highest BCUT2D eigenvalue weighted by Gasteiger charge is 2.55. The standard InChI is InChI=1S/C24H20F5N5O3/c25-16-1-2-17-18(19(16)26)23(22(37)34(17)12-15(35)3-4-24(27,28)29)5-7-33(8-6-23)21(36)14-9-13-11-31-32-20(13)30-10-14/h1-2,9-11H,3-8,12H2,(H,30,31,32). The number of rotatable bonds is 5. The Kier molecular flexibility index (Phi) is 5.95. The van der Waals surface area contributed by atoms with Crippen LogP contribution in [0, 0.1) is 11.6 Å². The van der Waals surface area contributed by atoms with Crippen LogP contribution in [0.15, 0.2) is 30.6 Å². The van der Waals surface area contributed by atoms with E-state index in [0.29, 0.717) is 11.0 Å². The van der Waals surface area contributed by atoms with Crippen molar-refractivity contribution in [2.45, 2.75) is 37.3 Å². The molecule has 1 N–H and O–H groups in total. The lowest BCUT2D eigenvalue weighted by molar-refractivity contribution is -0.142. The van der Waals surface area contributed by atoms with Crippen molar-refractivity contribution in [2.75, 3.05) is 24.5 Å². The quantitative estimate of drug-likeness (QED) is 0.517. The summed E-state index contributed by atoms with van der Waals surface area (Å²) in [6.45, 7) is -0.633. The van der Waals surface area contributed by atoms with Crippen LogP contribution in [-0.2, 0) is 15.0 Å². The van der Waals surface area contributed by atoms with Gasteiger partial charge in [0.1, 0.15) is 0 Å². The first-order valence-corrected chi connectivity index (χ1v) is 11.5. The number of alkyl halides is 3. The molecule has 0 unspecified atom stereocenters. The first-order chi connectivity index (χ1) is 17.5. The van der Waals surface area contributed by atoms with Crippen molar-refractivity contribution in [2.24, 2.45) is 0 Å². The summed E-state index contributed by atoms with van der Waals surface area (Å²) in [4.78, 5) is 45.4. The van der Waals surface area contributed by atoms with Gasteiger partial charge in [0.25, 0.3) is 5.91 Å². The Morgan fingerprint density at radius 1 is 1.11 bits per heavy atom. The van der Waals surface area contributed by atoms with E-state index in [4.69, 9.17) is 0 Å². The van der Waals surface area contributed by atoms with Crippen LogP contribution in [0.25, 0.3) is 11.0 Å². The maximum atomic E-state index is 15.1. The highest BCUT2D eigenvalue weighted by Crippen LogP contribution is 2.49. The number of H-pyrrole nitrogens is 1. The topological polar surface area (TPSA) is 99.3 Å². The molecule has 2 aromatic heterocycles. The van der Waals surface area contributed by atoms with E-state index in [-0.39, 0.29) is 48.7 Å². The molecular weight excluding hydrogens is 501 g/mol. The maximum Gasteiger partial charge on any atom is 0.389 e. The van der Waals surface area contributed by atoms with Gasteiger partial charge in [-0.1, -0.05) is 0 Å². The number of Topliss-reactive ketones (excluding diaryl/α,β-unsaturated/α-hetero) is 1. The van der Waals surface area contributed by atoms with Gasteiger partial charge in [0.15, 0.2) is 23.1 Å². The fourth-order valence-electron chi connectivity index (χ4n) is 5.08. The summed E-state index contributed by atoms with van der Waals surface area (Å²) in [5.41, 5.74) is -1.02. The number of halogens is 5. The van der Waals surface area contributed by atoms with Gasteiger partial charge < -0.3 is 9.80 Å². The van der Waals surface area contributed by atoms with Crippen molar-refractivity contribution in [3.8, 4) is 0 Å². The lowest BCUT2D eigenvalue weighted by Crippen LogP contribution is -2.51. The molecule has 3 aromatic rings. The molecule has 13 heteroatoms. The van der Waals surface area contributed by atoms with Crippen molar-refractivity contribution < 1.29 is 36.3 Å². The zero-order chi connectivity index (χ0) is 26.5. The van der Waals surface area contributed by atoms with E-state index in [0.717, 1.165) is 17.0 Å². The van der Waals surface area contributed by atoms with Crippen LogP contribution >= 0.6 is 0 Å². The molecule has 5 rings (SSSR count). The number of amides is 2. The van der Waals surface area contributed by atoms with Gasteiger partial charge >= 0.3 is 6.18 Å². The molecule has 0 bridgehead atoms. The molecule has 0 radical (unpaired) electrons. The Morgan fingerprint density at radius 3 is 2.54 bits per heavy atom. The second-order valence-corrected chi connectivity index (χ2v) is 9.21. The number of pyridine rings is 1. The summed E-state index contributed by atoms with van der Waals surface area (Å²) in [5, 5.41) is 7.17. The Bertz CT molecular complexity index is 1410. The molecule has 194 valence electrons. The Labute approximate surface area is 206 Å². The number of aromatic amines is 1. The van der Waals surface area contributed by atoms with Crippen LogP contribution < -0.4 is 4.90 Å². The summed E-state index contributed by atoms with van der Waals surface area (Å²) in [6.07, 6.45) is -3.95. The number of nitrogens with one attached hydrogen (secondary N) is 1. The highest BCUT2D eigenvalue weighted by atomic mass is 19.4. The molecule has 1 spiro atoms. The third kappa shape index (κ3) is 4.31. The maximum absolute atomic E-state index is 15.1. The van der Waals surface area contributed by atoms with E-state index in [2.05, 4.69) is 15.2 Å². The van der Waals surface area contributed by atoms with Crippen molar-refractivity contribution in [3.63, 3.8) is 0 Å². The second kappa shape index (κ2) is 8.89. The van der Waals surface area contributed by atoms with Gasteiger partial charge in [-0.05, 0) is 31.0 Å². The molecule has 0 saturated carbocycles. The van der Waals surface area contributed by atoms with Crippen molar-refractivity contribution in [3.05, 3.63) is 53.4 Å². The predicted molar refractivity (Wildman–Crippen MR) is 120 cm³/mol. The van der Waals surface area contributed by atoms with Crippen LogP contribution in [0.5, 0.6) is 0 Å². The Morgan fingerprint density at radius 2 is 1.84 bits per heavy atom. The van der Waals surface area contributed by atoms with E-state index in [9.17, 15) is 31.9 Å². The number of piperidine rings is 1. The third-order valence-electron chi connectivity index (χ3n) is 6.96. The minimum atomic E-state index is -4.55. The normalized spacial score (nSPS) is 17.1. The number of nitrogens with zero attached hydrogens (tertiary/aromatic N) is 4. The van der Waals surface area contributed by atoms with E-state index in [1.54, 1.807) is 6.07 Å². The number of ketones is 1. The van der Waals surface area contributed by atoms with E-state index < -0.39 is 54.3 Å². The van der Waals surface area contributed by atoms with E-state index >= 15 is 4.39 Å². The first kappa shape index (κ1) is 24.8. The number of likely N-dealkylation sites (tertiary alicyclic amines) is 1. The molecule has 0 aliphatic carbocycles. The molecule has 1 saturated heterocycles. The number of carbonyl (C=O) groups is 3. The molecule has 1 fully saturated rings. The highest BCUT2D eigenvalue weighted by molar-refractivity contribution is 6.11. The zero-order valence-corrected chi connectivity index (χ0v) is 19.2. The Hall–Kier alpha value is -3.90. The van der Waals surface area contributed by atoms with Crippen molar-refractivity contribution in [1.29, 1.82) is 0 Å². The average molecular weight is 521 g/mol. The number of aromatic nitrogens is 3. The SMILES string of the molecule is O=C(CCC(F)(F)F)CN1C(=O)C2(CCN(C(=O)c3cnc4[nH]ncc4c3)CC2)c2c1ccc(F)c2F. The monoisotopic (exact) mass is 521 g/mol. The molecule has 4 heterocycles. The van der Waals surface area contributed by atoms with Gasteiger partial charge in [-0.15, -0.1) is 0 Å². The van der Waals surface area contributed by atoms with Gasteiger partial charge in [0.05, 0.1) is 35.8 Å². The summed E-state index contributed by atoms with van der Waals surface area (Å²) in [7, 11) is 0. The summed E-state index contributed by atoms with van der Waals surface area (Å²) >= 11 is 0. The zero-order valence-electron chi connectivity index (χ0n) is 19.2. The van der Waals surface area contributed by atoms with Crippen LogP contribution in [0.1, 0.15) is 41.6 Å². The number of hydrogen-bond acceptors (Lipinski definition) is 5. The van der Waals surface area contributed by atoms with Crippen LogP contribution in [0.3, 0.4) is 0 Å². The van der Waals surface area contributed by atoms with Gasteiger partial charge in [-0.3, -0.25) is 19.5 Å².